The van der Waals surface area contributed by atoms with Gasteiger partial charge in [-0.3, -0.25) is 4.79 Å². The normalized spacial score (nSPS) is 18.7. The third-order valence-corrected chi connectivity index (χ3v) is 3.28. The minimum absolute atomic E-state index is 0.0900. The number of nitrogens with zero attached hydrogens (tertiary/aromatic N) is 5. The zero-order chi connectivity index (χ0) is 14.7. The molecule has 0 aromatic carbocycles. The molecule has 1 fully saturated rings. The van der Waals surface area contributed by atoms with Crippen molar-refractivity contribution in [3.05, 3.63) is 36.5 Å². The molecular formula is C13H15N5O3. The van der Waals surface area contributed by atoms with E-state index < -0.39 is 0 Å². The average Bonchev–Trinajstić information content (AvgIpc) is 3.09. The Kier molecular flexibility index (Phi) is 3.89. The molecule has 8 nitrogen and oxygen atoms in total. The monoisotopic (exact) mass is 289 g/mol. The minimum Gasteiger partial charge on any atom is -0.394 e. The van der Waals surface area contributed by atoms with Gasteiger partial charge in [-0.05, 0) is 12.1 Å². The van der Waals surface area contributed by atoms with E-state index in [9.17, 15) is 4.79 Å². The van der Waals surface area contributed by atoms with Gasteiger partial charge >= 0.3 is 0 Å². The maximum atomic E-state index is 12.4. The predicted octanol–water partition coefficient (Wildman–Crippen LogP) is -0.504. The molecule has 1 unspecified atom stereocenters. The van der Waals surface area contributed by atoms with Crippen molar-refractivity contribution >= 4 is 5.91 Å². The Labute approximate surface area is 121 Å². The summed E-state index contributed by atoms with van der Waals surface area (Å²) in [6.07, 6.45) is 4.16. The van der Waals surface area contributed by atoms with Gasteiger partial charge in [-0.1, -0.05) is 0 Å². The van der Waals surface area contributed by atoms with Crippen molar-refractivity contribution < 1.29 is 14.6 Å². The summed E-state index contributed by atoms with van der Waals surface area (Å²) < 4.78 is 6.85. The lowest BCUT2D eigenvalue weighted by Crippen LogP contribution is -2.46. The number of carbonyl (C=O) groups is 1. The molecule has 1 atom stereocenters. The van der Waals surface area contributed by atoms with Gasteiger partial charge in [0.1, 0.15) is 12.7 Å². The topological polar surface area (TPSA) is 93.4 Å². The summed E-state index contributed by atoms with van der Waals surface area (Å²) in [5.41, 5.74) is 0.498. The molecule has 0 saturated carbocycles. The molecule has 1 aliphatic heterocycles. The van der Waals surface area contributed by atoms with Crippen LogP contribution in [-0.4, -0.2) is 68.1 Å². The molecule has 0 spiro atoms. The molecule has 2 aromatic rings. The van der Waals surface area contributed by atoms with E-state index in [0.717, 1.165) is 0 Å². The van der Waals surface area contributed by atoms with E-state index in [0.29, 0.717) is 31.1 Å². The van der Waals surface area contributed by atoms with Crippen molar-refractivity contribution in [1.29, 1.82) is 0 Å². The molecule has 0 radical (unpaired) electrons. The first-order valence-electron chi connectivity index (χ1n) is 6.60. The fourth-order valence-electron chi connectivity index (χ4n) is 2.17. The highest BCUT2D eigenvalue weighted by Gasteiger charge is 2.24. The van der Waals surface area contributed by atoms with Crippen molar-refractivity contribution in [1.82, 2.24) is 24.6 Å². The van der Waals surface area contributed by atoms with Gasteiger partial charge in [-0.25, -0.2) is 14.6 Å². The van der Waals surface area contributed by atoms with Crippen molar-refractivity contribution in [3.63, 3.8) is 0 Å². The summed E-state index contributed by atoms with van der Waals surface area (Å²) in [5.74, 6) is 0.480. The number of hydrogen-bond acceptors (Lipinski definition) is 6. The zero-order valence-electron chi connectivity index (χ0n) is 11.3. The van der Waals surface area contributed by atoms with Crippen LogP contribution in [0.2, 0.25) is 0 Å². The molecule has 3 rings (SSSR count). The Hall–Kier alpha value is -2.32. The number of rotatable bonds is 3. The summed E-state index contributed by atoms with van der Waals surface area (Å²) in [6, 6.07) is 3.42. The largest absolute Gasteiger partial charge is 0.394 e. The van der Waals surface area contributed by atoms with Crippen molar-refractivity contribution in [3.8, 4) is 5.82 Å². The second kappa shape index (κ2) is 5.98. The van der Waals surface area contributed by atoms with Crippen LogP contribution in [0.15, 0.2) is 31.0 Å². The van der Waals surface area contributed by atoms with E-state index in [1.54, 1.807) is 17.0 Å². The van der Waals surface area contributed by atoms with Crippen LogP contribution >= 0.6 is 0 Å². The van der Waals surface area contributed by atoms with Crippen LogP contribution in [-0.2, 0) is 4.74 Å². The van der Waals surface area contributed by atoms with Crippen molar-refractivity contribution in [2.24, 2.45) is 0 Å². The molecule has 110 valence electrons. The maximum Gasteiger partial charge on any atom is 0.255 e. The number of amides is 1. The SMILES string of the molecule is O=C(c1ccc(-n2cncn2)nc1)N1CCOC(CO)C1. The number of pyridine rings is 1. The van der Waals surface area contributed by atoms with Crippen LogP contribution in [0.5, 0.6) is 0 Å². The van der Waals surface area contributed by atoms with E-state index in [4.69, 9.17) is 9.84 Å². The third-order valence-electron chi connectivity index (χ3n) is 3.28. The highest BCUT2D eigenvalue weighted by atomic mass is 16.5. The molecule has 1 N–H and O–H groups in total. The summed E-state index contributed by atoms with van der Waals surface area (Å²) >= 11 is 0. The summed E-state index contributed by atoms with van der Waals surface area (Å²) in [6.45, 7) is 1.25. The number of aromatic nitrogens is 4. The molecule has 2 aromatic heterocycles. The molecular weight excluding hydrogens is 274 g/mol. The number of ether oxygens (including phenoxy) is 1. The van der Waals surface area contributed by atoms with E-state index in [1.165, 1.54) is 23.5 Å². The van der Waals surface area contributed by atoms with Crippen LogP contribution in [0, 0.1) is 0 Å². The highest BCUT2D eigenvalue weighted by Crippen LogP contribution is 2.11. The van der Waals surface area contributed by atoms with Gasteiger partial charge in [0.2, 0.25) is 0 Å². The van der Waals surface area contributed by atoms with Crippen LogP contribution in [0.25, 0.3) is 5.82 Å². The second-order valence-corrected chi connectivity index (χ2v) is 4.67. The molecule has 1 saturated heterocycles. The van der Waals surface area contributed by atoms with Gasteiger partial charge in [0, 0.05) is 19.3 Å². The predicted molar refractivity (Wildman–Crippen MR) is 71.9 cm³/mol. The van der Waals surface area contributed by atoms with Crippen LogP contribution in [0.1, 0.15) is 10.4 Å². The first kappa shape index (κ1) is 13.7. The number of hydrogen-bond donors (Lipinski definition) is 1. The van der Waals surface area contributed by atoms with Crippen molar-refractivity contribution in [2.75, 3.05) is 26.3 Å². The lowest BCUT2D eigenvalue weighted by atomic mass is 10.2. The fourth-order valence-corrected chi connectivity index (χ4v) is 2.17. The summed E-state index contributed by atoms with van der Waals surface area (Å²) in [5, 5.41) is 13.1. The Morgan fingerprint density at radius 1 is 1.48 bits per heavy atom. The Balaban J connectivity index is 1.73. The number of aliphatic hydroxyl groups excluding tert-OH is 1. The van der Waals surface area contributed by atoms with Gasteiger partial charge in [0.05, 0.1) is 24.9 Å². The lowest BCUT2D eigenvalue weighted by Gasteiger charge is -2.32. The van der Waals surface area contributed by atoms with Gasteiger partial charge in [0.25, 0.3) is 5.91 Å². The van der Waals surface area contributed by atoms with Crippen LogP contribution in [0.3, 0.4) is 0 Å². The third kappa shape index (κ3) is 2.91. The van der Waals surface area contributed by atoms with E-state index in [1.807, 2.05) is 0 Å². The summed E-state index contributed by atoms with van der Waals surface area (Å²) in [4.78, 5) is 22.1. The van der Waals surface area contributed by atoms with Crippen LogP contribution < -0.4 is 0 Å². The number of morpholine rings is 1. The Bertz CT molecular complexity index is 599. The minimum atomic E-state index is -0.315. The van der Waals surface area contributed by atoms with Gasteiger partial charge < -0.3 is 14.7 Å². The van der Waals surface area contributed by atoms with Crippen LogP contribution in [0.4, 0.5) is 0 Å². The first-order valence-corrected chi connectivity index (χ1v) is 6.60. The Morgan fingerprint density at radius 3 is 3.05 bits per heavy atom. The standard InChI is InChI=1S/C13H15N5O3/c19-7-11-6-17(3-4-21-11)13(20)10-1-2-12(15-5-10)18-9-14-8-16-18/h1-2,5,8-9,11,19H,3-4,6-7H2. The van der Waals surface area contributed by atoms with Gasteiger partial charge in [0.15, 0.2) is 5.82 Å². The molecule has 8 heteroatoms. The average molecular weight is 289 g/mol. The lowest BCUT2D eigenvalue weighted by molar-refractivity contribution is -0.0447. The van der Waals surface area contributed by atoms with E-state index >= 15 is 0 Å². The molecule has 0 aliphatic carbocycles. The van der Waals surface area contributed by atoms with Gasteiger partial charge in [-0.15, -0.1) is 0 Å². The van der Waals surface area contributed by atoms with Crippen molar-refractivity contribution in [2.45, 2.75) is 6.10 Å². The zero-order valence-corrected chi connectivity index (χ0v) is 11.3. The second-order valence-electron chi connectivity index (χ2n) is 4.67. The van der Waals surface area contributed by atoms with E-state index in [2.05, 4.69) is 15.1 Å². The smallest absolute Gasteiger partial charge is 0.255 e. The molecule has 21 heavy (non-hydrogen) atoms. The maximum absolute atomic E-state index is 12.4. The molecule has 1 aliphatic rings. The van der Waals surface area contributed by atoms with Gasteiger partial charge in [-0.2, -0.15) is 5.10 Å². The highest BCUT2D eigenvalue weighted by molar-refractivity contribution is 5.94. The van der Waals surface area contributed by atoms with E-state index in [-0.39, 0.29) is 18.6 Å². The first-order chi connectivity index (χ1) is 10.3. The quantitative estimate of drug-likeness (QED) is 0.818. The molecule has 1 amide bonds. The fraction of sp³-hybridized carbons (Fsp3) is 0.385. The molecule has 3 heterocycles. The molecule has 0 bridgehead atoms. The number of aliphatic hydroxyl groups is 1. The Morgan fingerprint density at radius 2 is 2.38 bits per heavy atom. The summed E-state index contributed by atoms with van der Waals surface area (Å²) in [7, 11) is 0. The number of carbonyl (C=O) groups excluding carboxylic acids is 1.